The molecule has 1 fully saturated rings. The van der Waals surface area contributed by atoms with Crippen LogP contribution in [0, 0.1) is 12.8 Å². The maximum absolute atomic E-state index is 12.6. The number of hydrogen-bond acceptors (Lipinski definition) is 5. The molecule has 0 aliphatic carbocycles. The lowest BCUT2D eigenvalue weighted by Gasteiger charge is -2.32. The van der Waals surface area contributed by atoms with Crippen LogP contribution in [0.4, 0.5) is 0 Å². The van der Waals surface area contributed by atoms with Crippen LogP contribution in [0.5, 0.6) is 5.75 Å². The molecule has 7 heteroatoms. The first-order valence-electron chi connectivity index (χ1n) is 7.30. The monoisotopic (exact) mass is 326 g/mol. The summed E-state index contributed by atoms with van der Waals surface area (Å²) in [6.45, 7) is 4.45. The second kappa shape index (κ2) is 6.66. The van der Waals surface area contributed by atoms with Gasteiger partial charge in [-0.1, -0.05) is 0 Å². The third-order valence-electron chi connectivity index (χ3n) is 3.80. The summed E-state index contributed by atoms with van der Waals surface area (Å²) in [5.74, 6) is -1.29. The van der Waals surface area contributed by atoms with Crippen molar-refractivity contribution >= 4 is 16.0 Å². The first kappa shape index (κ1) is 16.8. The second-order valence-corrected chi connectivity index (χ2v) is 7.32. The zero-order valence-corrected chi connectivity index (χ0v) is 13.6. The Morgan fingerprint density at radius 3 is 2.77 bits per heavy atom. The SMILES string of the molecule is CCOc1ccc(S(=O)(=O)N2CCC[C@H](C(=O)[O-])C2)cc1C. The topological polar surface area (TPSA) is 86.7 Å². The lowest BCUT2D eigenvalue weighted by Crippen LogP contribution is -2.46. The van der Waals surface area contributed by atoms with Gasteiger partial charge in [0.15, 0.2) is 0 Å². The molecule has 0 saturated carbocycles. The summed E-state index contributed by atoms with van der Waals surface area (Å²) in [6, 6.07) is 4.69. The minimum absolute atomic E-state index is 0.0308. The van der Waals surface area contributed by atoms with E-state index in [2.05, 4.69) is 0 Å². The molecule has 0 bridgehead atoms. The number of carboxylic acid groups (broad SMARTS) is 1. The van der Waals surface area contributed by atoms with Crippen LogP contribution >= 0.6 is 0 Å². The number of hydrogen-bond donors (Lipinski definition) is 0. The van der Waals surface area contributed by atoms with E-state index < -0.39 is 21.9 Å². The molecular formula is C15H20NO5S-. The van der Waals surface area contributed by atoms with Gasteiger partial charge in [0.1, 0.15) is 5.75 Å². The molecule has 1 atom stereocenters. The van der Waals surface area contributed by atoms with Gasteiger partial charge >= 0.3 is 0 Å². The summed E-state index contributed by atoms with van der Waals surface area (Å²) in [4.78, 5) is 11.1. The molecule has 122 valence electrons. The third kappa shape index (κ3) is 3.41. The molecule has 0 N–H and O–H groups in total. The highest BCUT2D eigenvalue weighted by atomic mass is 32.2. The van der Waals surface area contributed by atoms with Crippen LogP contribution in [0.1, 0.15) is 25.3 Å². The van der Waals surface area contributed by atoms with Gasteiger partial charge in [-0.15, -0.1) is 0 Å². The van der Waals surface area contributed by atoms with E-state index in [9.17, 15) is 18.3 Å². The molecule has 0 unspecified atom stereocenters. The predicted molar refractivity (Wildman–Crippen MR) is 78.8 cm³/mol. The number of ether oxygens (including phenoxy) is 1. The summed E-state index contributed by atoms with van der Waals surface area (Å²) in [6.07, 6.45) is 0.977. The van der Waals surface area contributed by atoms with Gasteiger partial charge in [0, 0.05) is 25.0 Å². The van der Waals surface area contributed by atoms with E-state index in [1.165, 1.54) is 10.4 Å². The molecule has 1 aromatic rings. The van der Waals surface area contributed by atoms with Gasteiger partial charge in [0.2, 0.25) is 10.0 Å². The molecule has 0 spiro atoms. The average molecular weight is 326 g/mol. The number of rotatable bonds is 5. The van der Waals surface area contributed by atoms with Crippen molar-refractivity contribution in [2.24, 2.45) is 5.92 Å². The Bertz CT molecular complexity index is 656. The molecule has 1 aliphatic rings. The van der Waals surface area contributed by atoms with Crippen LogP contribution in [-0.2, 0) is 14.8 Å². The van der Waals surface area contributed by atoms with Gasteiger partial charge in [-0.3, -0.25) is 0 Å². The minimum Gasteiger partial charge on any atom is -0.550 e. The van der Waals surface area contributed by atoms with Crippen molar-refractivity contribution in [3.8, 4) is 5.75 Å². The second-order valence-electron chi connectivity index (χ2n) is 5.38. The Labute approximate surface area is 130 Å². The zero-order valence-electron chi connectivity index (χ0n) is 12.7. The van der Waals surface area contributed by atoms with Crippen molar-refractivity contribution in [2.45, 2.75) is 31.6 Å². The van der Waals surface area contributed by atoms with Crippen molar-refractivity contribution < 1.29 is 23.1 Å². The lowest BCUT2D eigenvalue weighted by atomic mass is 10.0. The summed E-state index contributed by atoms with van der Waals surface area (Å²) in [7, 11) is -3.70. The fourth-order valence-corrected chi connectivity index (χ4v) is 4.21. The lowest BCUT2D eigenvalue weighted by molar-refractivity contribution is -0.312. The summed E-state index contributed by atoms with van der Waals surface area (Å²) < 4.78 is 31.9. The van der Waals surface area contributed by atoms with E-state index in [0.717, 1.165) is 5.56 Å². The van der Waals surface area contributed by atoms with Crippen molar-refractivity contribution in [1.29, 1.82) is 0 Å². The van der Waals surface area contributed by atoms with Crippen molar-refractivity contribution in [3.63, 3.8) is 0 Å². The van der Waals surface area contributed by atoms with Crippen molar-refractivity contribution in [2.75, 3.05) is 19.7 Å². The third-order valence-corrected chi connectivity index (χ3v) is 5.66. The maximum Gasteiger partial charge on any atom is 0.243 e. The normalized spacial score (nSPS) is 19.8. The van der Waals surface area contributed by atoms with Gasteiger partial charge < -0.3 is 14.6 Å². The Balaban J connectivity index is 2.26. The zero-order chi connectivity index (χ0) is 16.3. The highest BCUT2D eigenvalue weighted by Crippen LogP contribution is 2.27. The van der Waals surface area contributed by atoms with E-state index in [0.29, 0.717) is 31.7 Å². The molecule has 0 aromatic heterocycles. The molecule has 1 aliphatic heterocycles. The van der Waals surface area contributed by atoms with E-state index in [1.807, 2.05) is 6.92 Å². The van der Waals surface area contributed by atoms with E-state index in [-0.39, 0.29) is 11.4 Å². The first-order chi connectivity index (χ1) is 10.4. The first-order valence-corrected chi connectivity index (χ1v) is 8.74. The van der Waals surface area contributed by atoms with Crippen LogP contribution in [0.15, 0.2) is 23.1 Å². The molecule has 2 rings (SSSR count). The molecule has 0 amide bonds. The molecule has 22 heavy (non-hydrogen) atoms. The van der Waals surface area contributed by atoms with E-state index >= 15 is 0 Å². The quantitative estimate of drug-likeness (QED) is 0.788. The van der Waals surface area contributed by atoms with Gasteiger partial charge in [-0.2, -0.15) is 4.31 Å². The van der Waals surface area contributed by atoms with Crippen molar-refractivity contribution in [3.05, 3.63) is 23.8 Å². The number of carbonyl (C=O) groups excluding carboxylic acids is 1. The van der Waals surface area contributed by atoms with Gasteiger partial charge in [-0.05, 0) is 50.5 Å². The molecule has 6 nitrogen and oxygen atoms in total. The highest BCUT2D eigenvalue weighted by molar-refractivity contribution is 7.89. The standard InChI is InChI=1S/C15H21NO5S/c1-3-21-14-7-6-13(9-11(14)2)22(19,20)16-8-4-5-12(10-16)15(17)18/h6-7,9,12H,3-5,8,10H2,1-2H3,(H,17,18)/p-1/t12-/m0/s1. The van der Waals surface area contributed by atoms with Crippen LogP contribution in [0.2, 0.25) is 0 Å². The average Bonchev–Trinajstić information content (AvgIpc) is 2.49. The molecular weight excluding hydrogens is 306 g/mol. The highest BCUT2D eigenvalue weighted by Gasteiger charge is 2.31. The van der Waals surface area contributed by atoms with Gasteiger partial charge in [0.25, 0.3) is 0 Å². The Kier molecular flexibility index (Phi) is 5.08. The van der Waals surface area contributed by atoms with Crippen LogP contribution in [0.3, 0.4) is 0 Å². The van der Waals surface area contributed by atoms with Crippen LogP contribution in [0.25, 0.3) is 0 Å². The number of carboxylic acids is 1. The summed E-state index contributed by atoms with van der Waals surface area (Å²) in [5, 5.41) is 11.0. The number of aliphatic carboxylic acids is 1. The predicted octanol–water partition coefficient (Wildman–Crippen LogP) is 0.544. The fraction of sp³-hybridized carbons (Fsp3) is 0.533. The summed E-state index contributed by atoms with van der Waals surface area (Å²) in [5.41, 5.74) is 0.733. The number of carbonyl (C=O) groups is 1. The fourth-order valence-electron chi connectivity index (χ4n) is 2.60. The Hall–Kier alpha value is -1.60. The number of piperidine rings is 1. The minimum atomic E-state index is -3.70. The number of aryl methyl sites for hydroxylation is 1. The molecule has 1 aromatic carbocycles. The van der Waals surface area contributed by atoms with Crippen LogP contribution < -0.4 is 9.84 Å². The number of nitrogens with zero attached hydrogens (tertiary/aromatic N) is 1. The maximum atomic E-state index is 12.6. The molecule has 1 heterocycles. The molecule has 0 radical (unpaired) electrons. The van der Waals surface area contributed by atoms with Crippen LogP contribution in [-0.4, -0.2) is 38.4 Å². The van der Waals surface area contributed by atoms with Crippen molar-refractivity contribution in [1.82, 2.24) is 4.31 Å². The number of sulfonamides is 1. The van der Waals surface area contributed by atoms with Gasteiger partial charge in [0.05, 0.1) is 11.5 Å². The number of benzene rings is 1. The van der Waals surface area contributed by atoms with E-state index in [4.69, 9.17) is 4.74 Å². The van der Waals surface area contributed by atoms with E-state index in [1.54, 1.807) is 19.1 Å². The van der Waals surface area contributed by atoms with Gasteiger partial charge in [-0.25, -0.2) is 8.42 Å². The largest absolute Gasteiger partial charge is 0.550 e. The summed E-state index contributed by atoms with van der Waals surface area (Å²) >= 11 is 0. The Morgan fingerprint density at radius 2 is 2.18 bits per heavy atom. The Morgan fingerprint density at radius 1 is 1.45 bits per heavy atom. The molecule has 1 saturated heterocycles. The smallest absolute Gasteiger partial charge is 0.243 e.